The summed E-state index contributed by atoms with van der Waals surface area (Å²) in [6.45, 7) is 3.34. The third-order valence-corrected chi connectivity index (χ3v) is 3.13. The highest BCUT2D eigenvalue weighted by Gasteiger charge is 2.09. The molecule has 0 fully saturated rings. The van der Waals surface area contributed by atoms with E-state index in [-0.39, 0.29) is 6.04 Å². The summed E-state index contributed by atoms with van der Waals surface area (Å²) in [5.41, 5.74) is 1.41. The van der Waals surface area contributed by atoms with Gasteiger partial charge in [0.05, 0.1) is 24.1 Å². The van der Waals surface area contributed by atoms with E-state index in [9.17, 15) is 5.11 Å². The van der Waals surface area contributed by atoms with Crippen molar-refractivity contribution in [2.45, 2.75) is 25.6 Å². The van der Waals surface area contributed by atoms with Gasteiger partial charge in [-0.25, -0.2) is 4.98 Å². The maximum Gasteiger partial charge on any atom is 0.0991 e. The fourth-order valence-electron chi connectivity index (χ4n) is 1.99. The van der Waals surface area contributed by atoms with Crippen molar-refractivity contribution in [2.75, 3.05) is 6.54 Å². The van der Waals surface area contributed by atoms with Gasteiger partial charge in [0.2, 0.25) is 0 Å². The Morgan fingerprint density at radius 1 is 1.40 bits per heavy atom. The Labute approximate surface area is 118 Å². The quantitative estimate of drug-likeness (QED) is 0.833. The van der Waals surface area contributed by atoms with Crippen LogP contribution in [-0.4, -0.2) is 27.2 Å². The minimum absolute atomic E-state index is 0.234. The maximum absolute atomic E-state index is 10.1. The van der Waals surface area contributed by atoms with E-state index in [1.807, 2.05) is 10.8 Å². The number of nitrogens with one attached hydrogen (secondary N) is 1. The third-order valence-electron chi connectivity index (χ3n) is 3.13. The van der Waals surface area contributed by atoms with Gasteiger partial charge in [0.15, 0.2) is 0 Å². The fourth-order valence-corrected chi connectivity index (χ4v) is 1.99. The standard InChI is InChI=1S/C15H18N4O/c1-12(10-19-7-6-17-11-19)18-9-15(20)14-4-2-13(8-16)3-5-14/h2-7,11-12,15,18,20H,9-10H2,1H3. The lowest BCUT2D eigenvalue weighted by atomic mass is 10.1. The number of rotatable bonds is 6. The molecule has 5 nitrogen and oxygen atoms in total. The first-order valence-electron chi connectivity index (χ1n) is 6.56. The zero-order chi connectivity index (χ0) is 14.4. The van der Waals surface area contributed by atoms with E-state index in [1.165, 1.54) is 0 Å². The van der Waals surface area contributed by atoms with Gasteiger partial charge in [-0.15, -0.1) is 0 Å². The van der Waals surface area contributed by atoms with Crippen molar-refractivity contribution in [3.05, 3.63) is 54.1 Å². The van der Waals surface area contributed by atoms with Crippen LogP contribution in [0, 0.1) is 11.3 Å². The van der Waals surface area contributed by atoms with E-state index in [0.717, 1.165) is 12.1 Å². The monoisotopic (exact) mass is 270 g/mol. The minimum Gasteiger partial charge on any atom is -0.387 e. The summed E-state index contributed by atoms with van der Waals surface area (Å²) in [6.07, 6.45) is 4.86. The minimum atomic E-state index is -0.576. The Morgan fingerprint density at radius 3 is 2.75 bits per heavy atom. The van der Waals surface area contributed by atoms with Crippen LogP contribution in [0.3, 0.4) is 0 Å². The van der Waals surface area contributed by atoms with Crippen molar-refractivity contribution in [3.8, 4) is 6.07 Å². The number of aromatic nitrogens is 2. The number of aliphatic hydroxyl groups excluding tert-OH is 1. The predicted octanol–water partition coefficient (Wildman–Crippen LogP) is 1.47. The van der Waals surface area contributed by atoms with Gasteiger partial charge in [-0.05, 0) is 24.6 Å². The summed E-state index contributed by atoms with van der Waals surface area (Å²) in [4.78, 5) is 3.99. The van der Waals surface area contributed by atoms with Crippen LogP contribution in [0.15, 0.2) is 43.0 Å². The van der Waals surface area contributed by atoms with Gasteiger partial charge in [-0.1, -0.05) is 12.1 Å². The van der Waals surface area contributed by atoms with Crippen molar-refractivity contribution < 1.29 is 5.11 Å². The average molecular weight is 270 g/mol. The molecule has 0 saturated carbocycles. The van der Waals surface area contributed by atoms with Crippen LogP contribution < -0.4 is 5.32 Å². The zero-order valence-corrected chi connectivity index (χ0v) is 11.4. The van der Waals surface area contributed by atoms with Gasteiger partial charge in [0.25, 0.3) is 0 Å². The molecule has 0 aliphatic heterocycles. The molecular weight excluding hydrogens is 252 g/mol. The molecule has 0 saturated heterocycles. The highest BCUT2D eigenvalue weighted by molar-refractivity contribution is 5.32. The van der Waals surface area contributed by atoms with Crippen molar-refractivity contribution in [2.24, 2.45) is 0 Å². The molecule has 20 heavy (non-hydrogen) atoms. The molecule has 0 aliphatic rings. The molecule has 1 aromatic carbocycles. The predicted molar refractivity (Wildman–Crippen MR) is 75.8 cm³/mol. The van der Waals surface area contributed by atoms with Crippen LogP contribution >= 0.6 is 0 Å². The lowest BCUT2D eigenvalue weighted by Gasteiger charge is -2.17. The van der Waals surface area contributed by atoms with Crippen molar-refractivity contribution in [1.82, 2.24) is 14.9 Å². The van der Waals surface area contributed by atoms with Gasteiger partial charge in [-0.3, -0.25) is 0 Å². The average Bonchev–Trinajstić information content (AvgIpc) is 2.97. The molecule has 2 N–H and O–H groups in total. The Balaban J connectivity index is 1.82. The lowest BCUT2D eigenvalue weighted by Crippen LogP contribution is -2.33. The first-order valence-corrected chi connectivity index (χ1v) is 6.56. The van der Waals surface area contributed by atoms with E-state index in [1.54, 1.807) is 36.8 Å². The molecule has 0 aliphatic carbocycles. The normalized spacial score (nSPS) is 13.7. The van der Waals surface area contributed by atoms with Crippen LogP contribution in [-0.2, 0) is 6.54 Å². The van der Waals surface area contributed by atoms with Gasteiger partial charge >= 0.3 is 0 Å². The number of benzene rings is 1. The molecule has 2 aromatic rings. The van der Waals surface area contributed by atoms with E-state index in [0.29, 0.717) is 12.1 Å². The van der Waals surface area contributed by atoms with Crippen molar-refractivity contribution >= 4 is 0 Å². The van der Waals surface area contributed by atoms with Crippen LogP contribution in [0.5, 0.6) is 0 Å². The molecule has 2 atom stereocenters. The van der Waals surface area contributed by atoms with E-state index in [2.05, 4.69) is 23.3 Å². The highest BCUT2D eigenvalue weighted by Crippen LogP contribution is 2.13. The van der Waals surface area contributed by atoms with Crippen molar-refractivity contribution in [3.63, 3.8) is 0 Å². The smallest absolute Gasteiger partial charge is 0.0991 e. The molecule has 2 rings (SSSR count). The molecule has 104 valence electrons. The maximum atomic E-state index is 10.1. The third kappa shape index (κ3) is 3.92. The number of hydrogen-bond donors (Lipinski definition) is 2. The summed E-state index contributed by atoms with van der Waals surface area (Å²) in [5, 5.41) is 22.1. The van der Waals surface area contributed by atoms with Crippen molar-refractivity contribution in [1.29, 1.82) is 5.26 Å². The molecule has 0 spiro atoms. The van der Waals surface area contributed by atoms with Gasteiger partial charge in [0, 0.05) is 31.5 Å². The number of imidazole rings is 1. The number of nitriles is 1. The Hall–Kier alpha value is -2.16. The van der Waals surface area contributed by atoms with Gasteiger partial charge in [-0.2, -0.15) is 5.26 Å². The van der Waals surface area contributed by atoms with E-state index >= 15 is 0 Å². The van der Waals surface area contributed by atoms with Crippen LogP contribution in [0.25, 0.3) is 0 Å². The Kier molecular flexibility index (Phi) is 4.88. The molecule has 1 heterocycles. The molecule has 2 unspecified atom stereocenters. The number of hydrogen-bond acceptors (Lipinski definition) is 4. The Morgan fingerprint density at radius 2 is 2.15 bits per heavy atom. The van der Waals surface area contributed by atoms with E-state index < -0.39 is 6.10 Å². The fraction of sp³-hybridized carbons (Fsp3) is 0.333. The molecular formula is C15H18N4O. The summed E-state index contributed by atoms with van der Waals surface area (Å²) in [7, 11) is 0. The lowest BCUT2D eigenvalue weighted by molar-refractivity contribution is 0.169. The second-order valence-corrected chi connectivity index (χ2v) is 4.82. The largest absolute Gasteiger partial charge is 0.387 e. The Bertz CT molecular complexity index is 557. The van der Waals surface area contributed by atoms with E-state index in [4.69, 9.17) is 5.26 Å². The van der Waals surface area contributed by atoms with Gasteiger partial charge in [0.1, 0.15) is 0 Å². The molecule has 0 bridgehead atoms. The highest BCUT2D eigenvalue weighted by atomic mass is 16.3. The summed E-state index contributed by atoms with van der Waals surface area (Å²) in [6, 6.07) is 9.29. The summed E-state index contributed by atoms with van der Waals surface area (Å²) in [5.74, 6) is 0. The first kappa shape index (κ1) is 14.3. The molecule has 1 aromatic heterocycles. The number of nitrogens with zero attached hydrogens (tertiary/aromatic N) is 3. The second kappa shape index (κ2) is 6.85. The summed E-state index contributed by atoms with van der Waals surface area (Å²) < 4.78 is 1.99. The van der Waals surface area contributed by atoms with Crippen LogP contribution in [0.2, 0.25) is 0 Å². The summed E-state index contributed by atoms with van der Waals surface area (Å²) >= 11 is 0. The number of aliphatic hydroxyl groups is 1. The first-order chi connectivity index (χ1) is 9.69. The molecule has 0 radical (unpaired) electrons. The van der Waals surface area contributed by atoms with Crippen LogP contribution in [0.4, 0.5) is 0 Å². The molecule has 0 amide bonds. The SMILES string of the molecule is CC(Cn1ccnc1)NCC(O)c1ccc(C#N)cc1. The molecule has 5 heteroatoms. The topological polar surface area (TPSA) is 73.9 Å². The van der Waals surface area contributed by atoms with Crippen LogP contribution in [0.1, 0.15) is 24.2 Å². The van der Waals surface area contributed by atoms with Gasteiger partial charge < -0.3 is 15.0 Å². The second-order valence-electron chi connectivity index (χ2n) is 4.82. The zero-order valence-electron chi connectivity index (χ0n) is 11.4.